The van der Waals surface area contributed by atoms with E-state index in [0.717, 1.165) is 11.1 Å². The van der Waals surface area contributed by atoms with Crippen LogP contribution in [-0.2, 0) is 19.8 Å². The Labute approximate surface area is 207 Å². The lowest BCUT2D eigenvalue weighted by atomic mass is 9.69. The van der Waals surface area contributed by atoms with Gasteiger partial charge in [0.15, 0.2) is 0 Å². The third-order valence-corrected chi connectivity index (χ3v) is 6.24. The van der Waals surface area contributed by atoms with Gasteiger partial charge in [0.2, 0.25) is 17.7 Å². The fourth-order valence-electron chi connectivity index (χ4n) is 4.26. The van der Waals surface area contributed by atoms with Gasteiger partial charge in [0.25, 0.3) is 0 Å². The highest BCUT2D eigenvalue weighted by atomic mass is 19.3. The minimum atomic E-state index is -3.13. The van der Waals surface area contributed by atoms with E-state index in [-0.39, 0.29) is 43.4 Å². The van der Waals surface area contributed by atoms with E-state index in [1.165, 1.54) is 11.0 Å². The fraction of sp³-hybridized carbons (Fsp3) is 0.440. The van der Waals surface area contributed by atoms with Gasteiger partial charge >= 0.3 is 12.6 Å². The zero-order valence-corrected chi connectivity index (χ0v) is 20.3. The van der Waals surface area contributed by atoms with Gasteiger partial charge in [-0.3, -0.25) is 14.4 Å². The maximum absolute atomic E-state index is 13.7. The van der Waals surface area contributed by atoms with E-state index >= 15 is 0 Å². The molecule has 1 aliphatic heterocycles. The number of aromatic nitrogens is 1. The summed E-state index contributed by atoms with van der Waals surface area (Å²) in [6, 6.07) is 9.22. The summed E-state index contributed by atoms with van der Waals surface area (Å²) < 4.78 is 30.4. The first-order valence-corrected chi connectivity index (χ1v) is 11.5. The molecule has 11 heteroatoms. The molecule has 0 bridgehead atoms. The van der Waals surface area contributed by atoms with Crippen molar-refractivity contribution in [2.75, 3.05) is 18.4 Å². The molecule has 9 nitrogen and oxygen atoms in total. The third kappa shape index (κ3) is 5.78. The lowest BCUT2D eigenvalue weighted by molar-refractivity contribution is -0.144. The zero-order chi connectivity index (χ0) is 26.6. The summed E-state index contributed by atoms with van der Waals surface area (Å²) in [7, 11) is 0. The number of anilines is 1. The average molecular weight is 505 g/mol. The minimum Gasteiger partial charge on any atom is -0.480 e. The fourth-order valence-corrected chi connectivity index (χ4v) is 4.26. The second-order valence-corrected chi connectivity index (χ2v) is 9.20. The number of pyridine rings is 1. The van der Waals surface area contributed by atoms with E-state index in [1.807, 2.05) is 32.0 Å². The Kier molecular flexibility index (Phi) is 8.24. The number of hydrogen-bond acceptors (Lipinski definition) is 6. The SMILES string of the molecule is Cc1ccc(NC(=O)C2(c3ccccc3C(C)C)CN(C(=O)CCC(N)C(=O)O)C2)c(OC(F)F)n1. The van der Waals surface area contributed by atoms with Crippen LogP contribution in [0.2, 0.25) is 0 Å². The van der Waals surface area contributed by atoms with Gasteiger partial charge in [0.1, 0.15) is 17.1 Å². The summed E-state index contributed by atoms with van der Waals surface area (Å²) >= 11 is 0. The van der Waals surface area contributed by atoms with E-state index in [2.05, 4.69) is 15.0 Å². The van der Waals surface area contributed by atoms with Gasteiger partial charge in [0, 0.05) is 25.2 Å². The Balaban J connectivity index is 1.91. The van der Waals surface area contributed by atoms with E-state index < -0.39 is 35.8 Å². The number of nitrogens with two attached hydrogens (primary N) is 1. The lowest BCUT2D eigenvalue weighted by Gasteiger charge is -2.50. The first-order valence-electron chi connectivity index (χ1n) is 11.5. The van der Waals surface area contributed by atoms with Crippen LogP contribution in [0.5, 0.6) is 5.88 Å². The molecule has 2 heterocycles. The highest BCUT2D eigenvalue weighted by Gasteiger charge is 2.53. The molecule has 0 spiro atoms. The molecule has 36 heavy (non-hydrogen) atoms. The number of carboxylic acid groups (broad SMARTS) is 1. The second-order valence-electron chi connectivity index (χ2n) is 9.20. The average Bonchev–Trinajstić information content (AvgIpc) is 2.78. The molecule has 1 aliphatic rings. The van der Waals surface area contributed by atoms with Crippen molar-refractivity contribution in [1.29, 1.82) is 0 Å². The summed E-state index contributed by atoms with van der Waals surface area (Å²) in [5.74, 6) is -2.34. The van der Waals surface area contributed by atoms with Crippen LogP contribution in [-0.4, -0.2) is 58.5 Å². The molecule has 1 fully saturated rings. The van der Waals surface area contributed by atoms with Crippen molar-refractivity contribution in [3.05, 3.63) is 53.2 Å². The van der Waals surface area contributed by atoms with Crippen molar-refractivity contribution >= 4 is 23.5 Å². The summed E-state index contributed by atoms with van der Waals surface area (Å²) in [5.41, 5.74) is 6.42. The Hall–Kier alpha value is -3.60. The van der Waals surface area contributed by atoms with E-state index in [1.54, 1.807) is 19.1 Å². The molecule has 1 aromatic carbocycles. The van der Waals surface area contributed by atoms with Crippen LogP contribution in [0.4, 0.5) is 14.5 Å². The molecular formula is C25H30F2N4O5. The molecular weight excluding hydrogens is 474 g/mol. The van der Waals surface area contributed by atoms with Gasteiger partial charge in [-0.25, -0.2) is 4.98 Å². The van der Waals surface area contributed by atoms with Crippen molar-refractivity contribution < 1.29 is 33.0 Å². The zero-order valence-electron chi connectivity index (χ0n) is 20.3. The normalized spacial score (nSPS) is 15.4. The van der Waals surface area contributed by atoms with E-state index in [4.69, 9.17) is 10.8 Å². The molecule has 1 atom stereocenters. The summed E-state index contributed by atoms with van der Waals surface area (Å²) in [5, 5.41) is 11.6. The summed E-state index contributed by atoms with van der Waals surface area (Å²) in [4.78, 5) is 42.8. The van der Waals surface area contributed by atoms with Crippen LogP contribution in [0, 0.1) is 6.92 Å². The number of benzene rings is 1. The quantitative estimate of drug-likeness (QED) is 0.453. The van der Waals surface area contributed by atoms with Crippen molar-refractivity contribution in [3.8, 4) is 5.88 Å². The summed E-state index contributed by atoms with van der Waals surface area (Å²) in [6.07, 6.45) is -0.110. The van der Waals surface area contributed by atoms with Crippen LogP contribution in [0.25, 0.3) is 0 Å². The van der Waals surface area contributed by atoms with E-state index in [9.17, 15) is 23.2 Å². The van der Waals surface area contributed by atoms with Crippen LogP contribution in [0.15, 0.2) is 36.4 Å². The number of aryl methyl sites for hydroxylation is 1. The highest BCUT2D eigenvalue weighted by molar-refractivity contribution is 6.02. The number of ether oxygens (including phenoxy) is 1. The van der Waals surface area contributed by atoms with Crippen LogP contribution in [0.1, 0.15) is 49.4 Å². The molecule has 1 aromatic heterocycles. The topological polar surface area (TPSA) is 135 Å². The standard InChI is InChI=1S/C25H30F2N4O5/c1-14(2)16-6-4-5-7-17(16)25(12-31(13-25)20(32)11-9-18(28)22(33)34)23(35)30-19-10-8-15(3)29-21(19)36-24(26)27/h4-8,10,14,18,24H,9,11-13,28H2,1-3H3,(H,30,35)(H,33,34). The number of alkyl halides is 2. The van der Waals surface area contributed by atoms with Gasteiger partial charge in [0.05, 0.1) is 0 Å². The van der Waals surface area contributed by atoms with Gasteiger partial charge < -0.3 is 25.8 Å². The number of hydrogen-bond donors (Lipinski definition) is 3. The van der Waals surface area contributed by atoms with Gasteiger partial charge in [-0.2, -0.15) is 8.78 Å². The molecule has 0 radical (unpaired) electrons. The molecule has 0 saturated carbocycles. The van der Waals surface area contributed by atoms with Crippen LogP contribution < -0.4 is 15.8 Å². The molecule has 1 unspecified atom stereocenters. The Bertz CT molecular complexity index is 1140. The molecule has 2 aromatic rings. The van der Waals surface area contributed by atoms with Crippen molar-refractivity contribution in [3.63, 3.8) is 0 Å². The maximum atomic E-state index is 13.7. The smallest absolute Gasteiger partial charge is 0.388 e. The first kappa shape index (κ1) is 27.0. The van der Waals surface area contributed by atoms with Crippen molar-refractivity contribution in [2.45, 2.75) is 57.6 Å². The Morgan fingerprint density at radius 1 is 1.19 bits per heavy atom. The number of rotatable bonds is 10. The predicted molar refractivity (Wildman–Crippen MR) is 128 cm³/mol. The molecule has 3 rings (SSSR count). The van der Waals surface area contributed by atoms with Crippen molar-refractivity contribution in [1.82, 2.24) is 9.88 Å². The number of carbonyl (C=O) groups excluding carboxylic acids is 2. The van der Waals surface area contributed by atoms with Gasteiger partial charge in [-0.15, -0.1) is 0 Å². The monoisotopic (exact) mass is 504 g/mol. The lowest BCUT2D eigenvalue weighted by Crippen LogP contribution is -2.66. The molecule has 2 amide bonds. The molecule has 0 aliphatic carbocycles. The van der Waals surface area contributed by atoms with Crippen molar-refractivity contribution in [2.24, 2.45) is 5.73 Å². The number of likely N-dealkylation sites (tertiary alicyclic amines) is 1. The molecule has 1 saturated heterocycles. The number of nitrogens with one attached hydrogen (secondary N) is 1. The third-order valence-electron chi connectivity index (χ3n) is 6.24. The number of nitrogens with zero attached hydrogens (tertiary/aromatic N) is 2. The minimum absolute atomic E-state index is 0.00971. The Morgan fingerprint density at radius 2 is 1.86 bits per heavy atom. The number of amides is 2. The Morgan fingerprint density at radius 3 is 2.47 bits per heavy atom. The number of halogens is 2. The predicted octanol–water partition coefficient (Wildman–Crippen LogP) is 3.03. The summed E-state index contributed by atoms with van der Waals surface area (Å²) in [6.45, 7) is 2.52. The number of aliphatic carboxylic acids is 1. The van der Waals surface area contributed by atoms with Gasteiger partial charge in [-0.05, 0) is 42.5 Å². The largest absolute Gasteiger partial charge is 0.480 e. The second kappa shape index (κ2) is 11.0. The van der Waals surface area contributed by atoms with Crippen LogP contribution >= 0.6 is 0 Å². The first-order chi connectivity index (χ1) is 16.9. The van der Waals surface area contributed by atoms with Crippen LogP contribution in [0.3, 0.4) is 0 Å². The number of carboxylic acids is 1. The van der Waals surface area contributed by atoms with E-state index in [0.29, 0.717) is 5.69 Å². The molecule has 194 valence electrons. The van der Waals surface area contributed by atoms with Gasteiger partial charge in [-0.1, -0.05) is 38.1 Å². The highest BCUT2D eigenvalue weighted by Crippen LogP contribution is 2.41. The maximum Gasteiger partial charge on any atom is 0.388 e. The molecule has 4 N–H and O–H groups in total. The number of carbonyl (C=O) groups is 3.